The number of nitrogens with two attached hydrogens (primary N) is 7. The number of aliphatic carboxylic acids is 3. The molecule has 7 rings (SSSR count). The average molecular weight is 1480 g/mol. The second-order valence-electron chi connectivity index (χ2n) is 22.7. The fourth-order valence-corrected chi connectivity index (χ4v) is 8.74. The van der Waals surface area contributed by atoms with Crippen LogP contribution in [0.15, 0.2) is 96.7 Å². The second-order valence-corrected chi connectivity index (χ2v) is 22.7. The molecular weight excluding hydrogens is 1390 g/mol. The molecular formula is C62H85N21O22. The van der Waals surface area contributed by atoms with E-state index in [9.17, 15) is 63.3 Å². The maximum atomic E-state index is 12.4. The Morgan fingerprint density at radius 3 is 1.57 bits per heavy atom. The van der Waals surface area contributed by atoms with Gasteiger partial charge in [-0.05, 0) is 49.9 Å². The maximum Gasteiger partial charge on any atom is 0.328 e. The minimum atomic E-state index is -1.55. The number of aromatic nitrogens is 8. The number of hydrogen-bond donors (Lipinski definition) is 20. The number of aliphatic hydroxyl groups is 4. The predicted molar refractivity (Wildman–Crippen MR) is 360 cm³/mol. The van der Waals surface area contributed by atoms with Crippen molar-refractivity contribution in [1.29, 1.82) is 0 Å². The Kier molecular flexibility index (Phi) is 34.9. The highest BCUT2D eigenvalue weighted by molar-refractivity contribution is 5.85. The van der Waals surface area contributed by atoms with Gasteiger partial charge in [0.1, 0.15) is 36.0 Å². The molecule has 0 bridgehead atoms. The lowest BCUT2D eigenvalue weighted by Crippen LogP contribution is -2.52. The molecule has 0 saturated carbocycles. The molecule has 0 spiro atoms. The SMILES string of the molecule is CCCCC[C@H](NC(=O)N[C@@H](CC(N)=O)c1nnc(-c2ccccc2OC)o1)C(=O)O.C[C@@H](O)[C@H](N)c1nnc([C@H](CCC(N)=O)NC(=O)N[C@@H](CO)C(=O)O)o1.C[C@@H](O)[C@H](NC(=O)N[C@@H](CC(N)=O)c1nc(-c2ccc(-c3ccccc3)cc2)no1)C(=O)O.NC(=O)C[C@H](N)c1nc([C@@H](N)CO)no1. The first-order valence-electron chi connectivity index (χ1n) is 31.8. The van der Waals surface area contributed by atoms with Crippen LogP contribution in [-0.4, -0.2) is 187 Å². The smallest absolute Gasteiger partial charge is 0.328 e. The number of carbonyl (C=O) groups excluding carboxylic acids is 7. The zero-order valence-electron chi connectivity index (χ0n) is 57.0. The predicted octanol–water partition coefficient (Wildman–Crippen LogP) is -1.11. The number of nitrogens with one attached hydrogen (secondary N) is 6. The van der Waals surface area contributed by atoms with Crippen molar-refractivity contribution >= 4 is 59.6 Å². The molecule has 4 aromatic heterocycles. The average Bonchev–Trinajstić information content (AvgIpc) is 1.74. The van der Waals surface area contributed by atoms with Gasteiger partial charge >= 0.3 is 36.0 Å². The van der Waals surface area contributed by atoms with Crippen LogP contribution in [0.4, 0.5) is 14.4 Å². The molecule has 4 heterocycles. The molecule has 43 nitrogen and oxygen atoms in total. The number of carbonyl (C=O) groups is 10. The van der Waals surface area contributed by atoms with Crippen LogP contribution in [0, 0.1) is 0 Å². The molecule has 27 N–H and O–H groups in total. The summed E-state index contributed by atoms with van der Waals surface area (Å²) in [5.41, 5.74) is 40.5. The molecule has 3 aromatic carbocycles. The van der Waals surface area contributed by atoms with Crippen molar-refractivity contribution in [3.05, 3.63) is 114 Å². The second kappa shape index (κ2) is 42.9. The van der Waals surface area contributed by atoms with Crippen LogP contribution in [0.5, 0.6) is 5.75 Å². The number of para-hydroxylation sites is 1. The molecule has 43 heteroatoms. The normalized spacial score (nSPS) is 13.9. The van der Waals surface area contributed by atoms with E-state index in [4.69, 9.17) is 83.2 Å². The van der Waals surface area contributed by atoms with Gasteiger partial charge in [-0.2, -0.15) is 9.97 Å². The molecule has 7 aromatic rings. The Balaban J connectivity index is 0.000000305. The molecule has 10 amide bonds. The summed E-state index contributed by atoms with van der Waals surface area (Å²) >= 11 is 0. The molecule has 0 radical (unpaired) electrons. The Morgan fingerprint density at radius 1 is 0.505 bits per heavy atom. The van der Waals surface area contributed by atoms with E-state index in [1.807, 2.05) is 54.7 Å². The summed E-state index contributed by atoms with van der Waals surface area (Å²) in [6.45, 7) is 3.51. The third-order valence-corrected chi connectivity index (χ3v) is 14.3. The molecule has 0 aliphatic rings. The minimum absolute atomic E-state index is 0.00876. The van der Waals surface area contributed by atoms with Crippen LogP contribution in [0.2, 0.25) is 0 Å². The summed E-state index contributed by atoms with van der Waals surface area (Å²) in [6.07, 6.45) is -0.505. The van der Waals surface area contributed by atoms with Gasteiger partial charge in [0.05, 0.1) is 69.4 Å². The summed E-state index contributed by atoms with van der Waals surface area (Å²) in [5.74, 6) is -5.90. The number of carboxylic acids is 3. The van der Waals surface area contributed by atoms with E-state index < -0.39 is 133 Å². The van der Waals surface area contributed by atoms with Crippen LogP contribution in [0.3, 0.4) is 0 Å². The van der Waals surface area contributed by atoms with Gasteiger partial charge < -0.3 is 130 Å². The maximum absolute atomic E-state index is 12.4. The number of primary amides is 4. The Labute approximate surface area is 596 Å². The number of nitrogens with zero attached hydrogens (tertiary/aromatic N) is 8. The number of aliphatic hydroxyl groups excluding tert-OH is 4. The molecule has 0 saturated heterocycles. The summed E-state index contributed by atoms with van der Waals surface area (Å²) in [7, 11) is 1.50. The van der Waals surface area contributed by atoms with Crippen molar-refractivity contribution in [2.45, 2.75) is 145 Å². The molecule has 0 fully saturated rings. The van der Waals surface area contributed by atoms with E-state index in [1.54, 1.807) is 36.4 Å². The van der Waals surface area contributed by atoms with E-state index in [-0.39, 0.29) is 92.1 Å². The number of amides is 10. The fraction of sp³-hybridized carbons (Fsp3) is 0.419. The van der Waals surface area contributed by atoms with Gasteiger partial charge in [-0.25, -0.2) is 28.8 Å². The molecule has 0 aliphatic carbocycles. The lowest BCUT2D eigenvalue weighted by molar-refractivity contribution is -0.142. The summed E-state index contributed by atoms with van der Waals surface area (Å²) in [6, 6.07) is 11.8. The van der Waals surface area contributed by atoms with Crippen LogP contribution in [-0.2, 0) is 33.6 Å². The first kappa shape index (κ1) is 85.3. The Bertz CT molecular complexity index is 3950. The molecule has 0 aliphatic heterocycles. The van der Waals surface area contributed by atoms with Crippen molar-refractivity contribution in [1.82, 2.24) is 72.6 Å². The molecule has 105 heavy (non-hydrogen) atoms. The number of methoxy groups -OCH3 is 1. The number of urea groups is 3. The fourth-order valence-electron chi connectivity index (χ4n) is 8.74. The topological polar surface area (TPSA) is 732 Å². The van der Waals surface area contributed by atoms with E-state index >= 15 is 0 Å². The Morgan fingerprint density at radius 2 is 1.03 bits per heavy atom. The van der Waals surface area contributed by atoms with E-state index in [0.717, 1.165) is 24.0 Å². The van der Waals surface area contributed by atoms with E-state index in [1.165, 1.54) is 21.0 Å². The van der Waals surface area contributed by atoms with Crippen molar-refractivity contribution in [3.8, 4) is 39.7 Å². The van der Waals surface area contributed by atoms with Crippen LogP contribution in [0.25, 0.3) is 34.0 Å². The molecule has 0 unspecified atom stereocenters. The number of rotatable bonds is 36. The van der Waals surface area contributed by atoms with E-state index in [2.05, 4.69) is 67.3 Å². The van der Waals surface area contributed by atoms with Gasteiger partial charge in [0.25, 0.3) is 5.89 Å². The number of ether oxygens (including phenoxy) is 1. The van der Waals surface area contributed by atoms with Crippen molar-refractivity contribution in [2.24, 2.45) is 40.1 Å². The Hall–Kier alpha value is -12.2. The highest BCUT2D eigenvalue weighted by Crippen LogP contribution is 2.31. The zero-order chi connectivity index (χ0) is 78.0. The van der Waals surface area contributed by atoms with Crippen molar-refractivity contribution < 1.29 is 106 Å². The van der Waals surface area contributed by atoms with Gasteiger partial charge in [-0.3, -0.25) is 19.2 Å². The largest absolute Gasteiger partial charge is 0.496 e. The van der Waals surface area contributed by atoms with Gasteiger partial charge in [-0.1, -0.05) is 103 Å². The minimum Gasteiger partial charge on any atom is -0.496 e. The summed E-state index contributed by atoms with van der Waals surface area (Å²) < 4.78 is 26.2. The van der Waals surface area contributed by atoms with Crippen molar-refractivity contribution in [3.63, 3.8) is 0 Å². The number of carboxylic acid groups (broad SMARTS) is 3. The summed E-state index contributed by atoms with van der Waals surface area (Å²) in [5, 5.41) is 100. The number of benzene rings is 3. The van der Waals surface area contributed by atoms with Gasteiger partial charge in [0, 0.05) is 12.0 Å². The van der Waals surface area contributed by atoms with Crippen LogP contribution >= 0.6 is 0 Å². The standard InChI is InChI=1S/C22H23N5O6.C20H27N5O6.C13H22N6O7.C7H13N5O3/c1-12(28)18(21(30)31)25-22(32)24-16(11-17(23)29)20-26-19(27-33-20)15-9-7-14(8-10-15)13-5-3-2-4-6-13;1-3-4-5-9-13(19(27)28)22-20(29)23-14(11-16(21)26)18-25-24-17(31-18)12-8-6-7-10-15(12)30-2;1-5(21)9(15)11-19-18-10(26-11)6(2-3-8(14)22)16-13(25)17-7(4-20)12(23)24;8-3(1-5(10)14)7-11-6(12-15-7)4(9)2-13/h2-10,12,16,18,28H,11H2,1H3,(H2,23,29)(H,30,31)(H2,24,25,32);6-8,10,13-14H,3-5,9,11H2,1-2H3,(H2,21,26)(H,27,28)(H2,22,23,29);5-7,9,20-21H,2-4,15H2,1H3,(H2,14,22)(H,23,24)(H2,16,17,25);3-4,13H,1-2,8-9H2,(H2,10,14)/t12-,16+,18+;13-,14-;5-,6+,7+,9+;3-,4-/m1010/s1. The van der Waals surface area contributed by atoms with Gasteiger partial charge in [0.15, 0.2) is 17.9 Å². The number of hydrogen-bond acceptors (Lipinski definition) is 30. The van der Waals surface area contributed by atoms with E-state index in [0.29, 0.717) is 23.3 Å². The zero-order valence-corrected chi connectivity index (χ0v) is 57.0. The number of unbranched alkanes of at least 4 members (excludes halogenated alkanes) is 2. The highest BCUT2D eigenvalue weighted by atomic mass is 16.5. The molecule has 570 valence electrons. The monoisotopic (exact) mass is 1480 g/mol. The lowest BCUT2D eigenvalue weighted by atomic mass is 10.0. The highest BCUT2D eigenvalue weighted by Gasteiger charge is 2.32. The van der Waals surface area contributed by atoms with Crippen LogP contribution in [0.1, 0.15) is 150 Å². The quantitative estimate of drug-likeness (QED) is 0.0207. The first-order chi connectivity index (χ1) is 49.8. The summed E-state index contributed by atoms with van der Waals surface area (Å²) in [4.78, 5) is 123. The lowest BCUT2D eigenvalue weighted by Gasteiger charge is -2.19. The van der Waals surface area contributed by atoms with Gasteiger partial charge in [-0.15, -0.1) is 20.4 Å². The van der Waals surface area contributed by atoms with Crippen LogP contribution < -0.4 is 76.8 Å². The van der Waals surface area contributed by atoms with Crippen molar-refractivity contribution in [2.75, 3.05) is 20.3 Å². The third-order valence-electron chi connectivity index (χ3n) is 14.3. The molecule has 11 atom stereocenters. The first-order valence-corrected chi connectivity index (χ1v) is 31.8. The van der Waals surface area contributed by atoms with Gasteiger partial charge in [0.2, 0.25) is 58.9 Å². The third kappa shape index (κ3) is 28.7.